The SMILES string of the molecule is C=C(C(=O)Nc1ccc([N+](=O)[O-])cc1)C(NS(=O)(=O)c1ccc(C)cc1)c1ccc(Cl)cc1. The molecule has 1 unspecified atom stereocenters. The summed E-state index contributed by atoms with van der Waals surface area (Å²) < 4.78 is 28.5. The van der Waals surface area contributed by atoms with Crippen LogP contribution in [0.2, 0.25) is 5.02 Å². The monoisotopic (exact) mass is 485 g/mol. The second-order valence-electron chi connectivity index (χ2n) is 7.20. The van der Waals surface area contributed by atoms with Gasteiger partial charge in [0.2, 0.25) is 10.0 Å². The third kappa shape index (κ3) is 6.04. The number of sulfonamides is 1. The first-order valence-corrected chi connectivity index (χ1v) is 11.5. The van der Waals surface area contributed by atoms with Crippen LogP contribution in [0.15, 0.2) is 89.8 Å². The summed E-state index contributed by atoms with van der Waals surface area (Å²) in [7, 11) is -4.00. The summed E-state index contributed by atoms with van der Waals surface area (Å²) in [5.41, 5.74) is 1.44. The smallest absolute Gasteiger partial charge is 0.269 e. The molecular weight excluding hydrogens is 466 g/mol. The van der Waals surface area contributed by atoms with Crippen molar-refractivity contribution in [1.29, 1.82) is 0 Å². The van der Waals surface area contributed by atoms with Crippen LogP contribution in [0.3, 0.4) is 0 Å². The molecule has 0 aliphatic rings. The molecule has 3 aromatic rings. The van der Waals surface area contributed by atoms with Crippen molar-refractivity contribution in [2.24, 2.45) is 0 Å². The minimum absolute atomic E-state index is 0.0376. The Morgan fingerprint density at radius 1 is 1.00 bits per heavy atom. The number of benzene rings is 3. The van der Waals surface area contributed by atoms with Crippen molar-refractivity contribution >= 4 is 38.9 Å². The van der Waals surface area contributed by atoms with Crippen LogP contribution in [0.5, 0.6) is 0 Å². The van der Waals surface area contributed by atoms with Gasteiger partial charge < -0.3 is 5.32 Å². The molecule has 0 heterocycles. The minimum Gasteiger partial charge on any atom is -0.322 e. The molecule has 3 rings (SSSR count). The molecule has 3 aromatic carbocycles. The van der Waals surface area contributed by atoms with Gasteiger partial charge in [0.1, 0.15) is 0 Å². The zero-order valence-electron chi connectivity index (χ0n) is 17.5. The van der Waals surface area contributed by atoms with E-state index < -0.39 is 26.9 Å². The van der Waals surface area contributed by atoms with Crippen molar-refractivity contribution in [2.75, 3.05) is 5.32 Å². The molecule has 0 aliphatic heterocycles. The van der Waals surface area contributed by atoms with Crippen LogP contribution in [0.4, 0.5) is 11.4 Å². The lowest BCUT2D eigenvalue weighted by Crippen LogP contribution is -2.33. The Kier molecular flexibility index (Phi) is 7.27. The van der Waals surface area contributed by atoms with Crippen LogP contribution in [0.1, 0.15) is 17.2 Å². The number of carbonyl (C=O) groups is 1. The van der Waals surface area contributed by atoms with Gasteiger partial charge in [0.25, 0.3) is 11.6 Å². The Labute approximate surface area is 196 Å². The highest BCUT2D eigenvalue weighted by atomic mass is 35.5. The third-order valence-electron chi connectivity index (χ3n) is 4.78. The van der Waals surface area contributed by atoms with Gasteiger partial charge in [-0.15, -0.1) is 0 Å². The molecule has 0 bridgehead atoms. The molecule has 8 nitrogen and oxygen atoms in total. The molecule has 0 spiro atoms. The number of nitro benzene ring substituents is 1. The zero-order chi connectivity index (χ0) is 24.2. The van der Waals surface area contributed by atoms with E-state index in [0.29, 0.717) is 16.3 Å². The van der Waals surface area contributed by atoms with E-state index in [1.54, 1.807) is 36.4 Å². The number of nitrogens with one attached hydrogen (secondary N) is 2. The van der Waals surface area contributed by atoms with E-state index in [1.165, 1.54) is 36.4 Å². The number of hydrogen-bond acceptors (Lipinski definition) is 5. The summed E-state index contributed by atoms with van der Waals surface area (Å²) in [6.45, 7) is 5.65. The van der Waals surface area contributed by atoms with Crippen molar-refractivity contribution in [1.82, 2.24) is 4.72 Å². The van der Waals surface area contributed by atoms with Crippen molar-refractivity contribution in [2.45, 2.75) is 17.9 Å². The fourth-order valence-electron chi connectivity index (χ4n) is 2.95. The molecule has 2 N–H and O–H groups in total. The van der Waals surface area contributed by atoms with Gasteiger partial charge in [-0.2, -0.15) is 4.72 Å². The van der Waals surface area contributed by atoms with E-state index in [0.717, 1.165) is 5.56 Å². The Morgan fingerprint density at radius 3 is 2.12 bits per heavy atom. The van der Waals surface area contributed by atoms with E-state index in [-0.39, 0.29) is 16.2 Å². The van der Waals surface area contributed by atoms with Crippen LogP contribution in [-0.2, 0) is 14.8 Å². The van der Waals surface area contributed by atoms with E-state index in [2.05, 4.69) is 16.6 Å². The largest absolute Gasteiger partial charge is 0.322 e. The van der Waals surface area contributed by atoms with E-state index in [4.69, 9.17) is 11.6 Å². The van der Waals surface area contributed by atoms with Crippen LogP contribution in [-0.4, -0.2) is 19.2 Å². The number of amides is 1. The van der Waals surface area contributed by atoms with Crippen LogP contribution in [0.25, 0.3) is 0 Å². The second-order valence-corrected chi connectivity index (χ2v) is 9.35. The maximum Gasteiger partial charge on any atom is 0.269 e. The number of anilines is 1. The van der Waals surface area contributed by atoms with Gasteiger partial charge in [0.05, 0.1) is 15.9 Å². The number of rotatable bonds is 8. The van der Waals surface area contributed by atoms with Crippen LogP contribution < -0.4 is 10.0 Å². The number of non-ortho nitro benzene ring substituents is 1. The van der Waals surface area contributed by atoms with Gasteiger partial charge in [0.15, 0.2) is 0 Å². The zero-order valence-corrected chi connectivity index (χ0v) is 19.1. The highest BCUT2D eigenvalue weighted by Gasteiger charge is 2.27. The van der Waals surface area contributed by atoms with Gasteiger partial charge in [-0.05, 0) is 48.9 Å². The van der Waals surface area contributed by atoms with Crippen LogP contribution in [0, 0.1) is 17.0 Å². The van der Waals surface area contributed by atoms with E-state index >= 15 is 0 Å². The summed E-state index contributed by atoms with van der Waals surface area (Å²) in [4.78, 5) is 23.2. The van der Waals surface area contributed by atoms with Gasteiger partial charge in [-0.1, -0.05) is 48.0 Å². The number of nitrogens with zero attached hydrogens (tertiary/aromatic N) is 1. The predicted octanol–water partition coefficient (Wildman–Crippen LogP) is 4.77. The van der Waals surface area contributed by atoms with E-state index in [9.17, 15) is 23.3 Å². The predicted molar refractivity (Wildman–Crippen MR) is 127 cm³/mol. The Morgan fingerprint density at radius 2 is 1.58 bits per heavy atom. The highest BCUT2D eigenvalue weighted by Crippen LogP contribution is 2.26. The molecule has 0 radical (unpaired) electrons. The second kappa shape index (κ2) is 9.95. The average Bonchev–Trinajstić information content (AvgIpc) is 2.78. The fourth-order valence-corrected chi connectivity index (χ4v) is 4.29. The first-order valence-electron chi connectivity index (χ1n) is 9.66. The summed E-state index contributed by atoms with van der Waals surface area (Å²) in [5, 5.41) is 13.8. The number of aryl methyl sites for hydroxylation is 1. The quantitative estimate of drug-likeness (QED) is 0.270. The fraction of sp³-hybridized carbons (Fsp3) is 0.0870. The lowest BCUT2D eigenvalue weighted by Gasteiger charge is -2.21. The summed E-state index contributed by atoms with van der Waals surface area (Å²) >= 11 is 5.96. The molecule has 1 atom stereocenters. The topological polar surface area (TPSA) is 118 Å². The molecule has 0 fully saturated rings. The maximum atomic E-state index is 13.0. The maximum absolute atomic E-state index is 13.0. The van der Waals surface area contributed by atoms with Gasteiger partial charge in [0, 0.05) is 28.4 Å². The van der Waals surface area contributed by atoms with Gasteiger partial charge in [-0.25, -0.2) is 8.42 Å². The molecule has 0 aromatic heterocycles. The molecule has 0 saturated heterocycles. The summed E-state index contributed by atoms with van der Waals surface area (Å²) in [5.74, 6) is -0.657. The molecule has 33 heavy (non-hydrogen) atoms. The first-order chi connectivity index (χ1) is 15.6. The lowest BCUT2D eigenvalue weighted by molar-refractivity contribution is -0.384. The number of carbonyl (C=O) groups excluding carboxylic acids is 1. The Bertz CT molecular complexity index is 1290. The van der Waals surface area contributed by atoms with Crippen molar-refractivity contribution in [3.05, 3.63) is 111 Å². The minimum atomic E-state index is -4.00. The molecule has 1 amide bonds. The number of nitro groups is 1. The van der Waals surface area contributed by atoms with Gasteiger partial charge in [-0.3, -0.25) is 14.9 Å². The van der Waals surface area contributed by atoms with Crippen molar-refractivity contribution in [3.63, 3.8) is 0 Å². The molecule has 0 saturated carbocycles. The number of hydrogen-bond donors (Lipinski definition) is 2. The lowest BCUT2D eigenvalue weighted by atomic mass is 10.00. The summed E-state index contributed by atoms with van der Waals surface area (Å²) in [6, 6.07) is 16.8. The molecular formula is C23H20ClN3O5S. The van der Waals surface area contributed by atoms with Gasteiger partial charge >= 0.3 is 0 Å². The summed E-state index contributed by atoms with van der Waals surface area (Å²) in [6.07, 6.45) is 0. The molecule has 10 heteroatoms. The highest BCUT2D eigenvalue weighted by molar-refractivity contribution is 7.89. The van der Waals surface area contributed by atoms with Crippen molar-refractivity contribution in [3.8, 4) is 0 Å². The molecule has 0 aliphatic carbocycles. The average molecular weight is 486 g/mol. The van der Waals surface area contributed by atoms with Crippen LogP contribution >= 0.6 is 11.6 Å². The number of halogens is 1. The van der Waals surface area contributed by atoms with E-state index in [1.807, 2.05) is 6.92 Å². The Balaban J connectivity index is 1.89. The Hall–Kier alpha value is -3.53. The first kappa shape index (κ1) is 24.1. The van der Waals surface area contributed by atoms with Crippen molar-refractivity contribution < 1.29 is 18.1 Å². The normalized spacial score (nSPS) is 12.1. The third-order valence-corrected chi connectivity index (χ3v) is 6.47. The molecule has 170 valence electrons. The standard InChI is InChI=1S/C23H20ClN3O5S/c1-15-3-13-21(14-4-15)33(31,32)26-22(17-5-7-18(24)8-6-17)16(2)23(28)25-19-9-11-20(12-10-19)27(29)30/h3-14,22,26H,2H2,1H3,(H,25,28).